The van der Waals surface area contributed by atoms with E-state index in [2.05, 4.69) is 10.00 Å². The van der Waals surface area contributed by atoms with Gasteiger partial charge in [0.15, 0.2) is 0 Å². The van der Waals surface area contributed by atoms with E-state index in [0.29, 0.717) is 29.2 Å². The summed E-state index contributed by atoms with van der Waals surface area (Å²) in [6.45, 7) is 9.54. The van der Waals surface area contributed by atoms with E-state index in [1.807, 2.05) is 30.8 Å². The number of ether oxygens (including phenoxy) is 3. The normalized spacial score (nSPS) is 14.2. The lowest BCUT2D eigenvalue weighted by atomic mass is 10.0. The number of methoxy groups -OCH3 is 2. The summed E-state index contributed by atoms with van der Waals surface area (Å²) in [6, 6.07) is 5.31. The summed E-state index contributed by atoms with van der Waals surface area (Å²) in [5.41, 5.74) is 3.97. The van der Waals surface area contributed by atoms with E-state index in [0.717, 1.165) is 67.2 Å². The summed E-state index contributed by atoms with van der Waals surface area (Å²) in [7, 11) is 3.00. The van der Waals surface area contributed by atoms with Crippen LogP contribution in [0.15, 0.2) is 35.4 Å². The Morgan fingerprint density at radius 3 is 2.31 bits per heavy atom. The lowest BCUT2D eigenvalue weighted by molar-refractivity contribution is 0.0359. The van der Waals surface area contributed by atoms with Crippen LogP contribution in [0.25, 0.3) is 33.3 Å². The highest BCUT2D eigenvalue weighted by atomic mass is 35.5. The van der Waals surface area contributed by atoms with Crippen molar-refractivity contribution in [1.29, 1.82) is 0 Å². The molecule has 5 rings (SSSR count). The van der Waals surface area contributed by atoms with Crippen molar-refractivity contribution in [1.82, 2.24) is 24.2 Å². The van der Waals surface area contributed by atoms with Crippen molar-refractivity contribution in [3.63, 3.8) is 0 Å². The van der Waals surface area contributed by atoms with Gasteiger partial charge >= 0.3 is 0 Å². The van der Waals surface area contributed by atoms with E-state index in [9.17, 15) is 4.79 Å². The topological polar surface area (TPSA) is 83.6 Å². The van der Waals surface area contributed by atoms with E-state index < -0.39 is 0 Å². The first-order valence-corrected chi connectivity index (χ1v) is 13.6. The number of fused-ring (bicyclic) bond motifs is 1. The fourth-order valence-electron chi connectivity index (χ4n) is 5.02. The Balaban J connectivity index is 1.56. The molecule has 1 aliphatic heterocycles. The molecule has 1 aromatic carbocycles. The minimum atomic E-state index is -0.223. The molecule has 0 N–H and O–H groups in total. The molecular weight excluding hydrogens is 541 g/mol. The third-order valence-corrected chi connectivity index (χ3v) is 8.00. The summed E-state index contributed by atoms with van der Waals surface area (Å²) in [5, 5.41) is 5.88. The molecular formula is C28H31Cl2N5O4. The smallest absolute Gasteiger partial charge is 0.259 e. The van der Waals surface area contributed by atoms with Gasteiger partial charge in [-0.3, -0.25) is 19.4 Å². The summed E-state index contributed by atoms with van der Waals surface area (Å²) >= 11 is 13.3. The van der Waals surface area contributed by atoms with E-state index in [1.165, 1.54) is 14.2 Å². The van der Waals surface area contributed by atoms with Crippen LogP contribution in [0.3, 0.4) is 0 Å². The Labute approximate surface area is 236 Å². The Morgan fingerprint density at radius 2 is 1.67 bits per heavy atom. The number of nitrogens with zero attached hydrogens (tertiary/aromatic N) is 5. The van der Waals surface area contributed by atoms with E-state index >= 15 is 0 Å². The van der Waals surface area contributed by atoms with Crippen molar-refractivity contribution in [2.24, 2.45) is 0 Å². The van der Waals surface area contributed by atoms with Crippen molar-refractivity contribution >= 4 is 34.1 Å². The molecule has 0 saturated carbocycles. The van der Waals surface area contributed by atoms with Crippen LogP contribution in [0.2, 0.25) is 10.0 Å². The standard InChI is InChI=1S/C28H31Cl2N5O4/c1-5-34-22-13-21(20-16-32-35(17(20)2)7-6-33-8-10-39-11-9-33)31-15-18(22)12-19(28(34)36)25-26(29)23(37-3)14-24(38-4)27(25)30/h12-16H,5-11H2,1-4H3. The zero-order valence-electron chi connectivity index (χ0n) is 22.5. The SMILES string of the molecule is CCn1c(=O)c(-c2c(Cl)c(OC)cc(OC)c2Cl)cc2cnc(-c3cnn(CCN4CCOCC4)c3C)cc21. The molecule has 0 aliphatic carbocycles. The van der Waals surface area contributed by atoms with Gasteiger partial charge in [0.05, 0.1) is 67.0 Å². The van der Waals surface area contributed by atoms with Gasteiger partial charge < -0.3 is 18.8 Å². The predicted molar refractivity (Wildman–Crippen MR) is 153 cm³/mol. The van der Waals surface area contributed by atoms with Crippen LogP contribution in [0.4, 0.5) is 0 Å². The minimum absolute atomic E-state index is 0.223. The van der Waals surface area contributed by atoms with Crippen molar-refractivity contribution in [3.8, 4) is 33.9 Å². The van der Waals surface area contributed by atoms with Crippen LogP contribution in [0.5, 0.6) is 11.5 Å². The monoisotopic (exact) mass is 571 g/mol. The lowest BCUT2D eigenvalue weighted by Crippen LogP contribution is -2.38. The van der Waals surface area contributed by atoms with Crippen molar-refractivity contribution < 1.29 is 14.2 Å². The van der Waals surface area contributed by atoms with Gasteiger partial charge in [-0.05, 0) is 26.0 Å². The van der Waals surface area contributed by atoms with E-state index in [-0.39, 0.29) is 15.6 Å². The first-order chi connectivity index (χ1) is 18.9. The van der Waals surface area contributed by atoms with Crippen LogP contribution in [-0.4, -0.2) is 71.3 Å². The molecule has 9 nitrogen and oxygen atoms in total. The largest absolute Gasteiger partial charge is 0.495 e. The van der Waals surface area contributed by atoms with Crippen LogP contribution in [0.1, 0.15) is 12.6 Å². The number of halogens is 2. The molecule has 1 saturated heterocycles. The number of hydrogen-bond acceptors (Lipinski definition) is 7. The van der Waals surface area contributed by atoms with Crippen molar-refractivity contribution in [3.05, 3.63) is 56.7 Å². The Morgan fingerprint density at radius 1 is 0.974 bits per heavy atom. The maximum absolute atomic E-state index is 13.8. The van der Waals surface area contributed by atoms with Crippen LogP contribution in [0, 0.1) is 6.92 Å². The zero-order chi connectivity index (χ0) is 27.7. The molecule has 39 heavy (non-hydrogen) atoms. The first-order valence-electron chi connectivity index (χ1n) is 12.8. The fraction of sp³-hybridized carbons (Fsp3) is 0.393. The Bertz CT molecular complexity index is 1550. The highest BCUT2D eigenvalue weighted by molar-refractivity contribution is 6.41. The molecule has 4 aromatic rings. The quantitative estimate of drug-likeness (QED) is 0.297. The number of aryl methyl sites for hydroxylation is 1. The zero-order valence-corrected chi connectivity index (χ0v) is 24.0. The van der Waals surface area contributed by atoms with Gasteiger partial charge in [-0.15, -0.1) is 0 Å². The summed E-state index contributed by atoms with van der Waals surface area (Å²) in [4.78, 5) is 20.9. The van der Waals surface area contributed by atoms with E-state index in [4.69, 9.17) is 42.4 Å². The average Bonchev–Trinajstić information content (AvgIpc) is 3.32. The third kappa shape index (κ3) is 5.12. The Hall–Kier alpha value is -3.11. The summed E-state index contributed by atoms with van der Waals surface area (Å²) < 4.78 is 20.0. The van der Waals surface area contributed by atoms with Crippen LogP contribution < -0.4 is 15.0 Å². The van der Waals surface area contributed by atoms with Gasteiger partial charge in [-0.2, -0.15) is 5.10 Å². The van der Waals surface area contributed by atoms with Crippen molar-refractivity contribution in [2.45, 2.75) is 26.9 Å². The molecule has 0 radical (unpaired) electrons. The fourth-order valence-corrected chi connectivity index (χ4v) is 5.72. The van der Waals surface area contributed by atoms with Crippen LogP contribution >= 0.6 is 23.2 Å². The maximum Gasteiger partial charge on any atom is 0.259 e. The molecule has 1 fully saturated rings. The molecule has 11 heteroatoms. The third-order valence-electron chi connectivity index (χ3n) is 7.25. The highest BCUT2D eigenvalue weighted by Gasteiger charge is 2.23. The molecule has 0 atom stereocenters. The molecule has 0 amide bonds. The number of aromatic nitrogens is 4. The second-order valence-electron chi connectivity index (χ2n) is 9.34. The summed E-state index contributed by atoms with van der Waals surface area (Å²) in [6.07, 6.45) is 3.61. The first kappa shape index (κ1) is 27.5. The van der Waals surface area contributed by atoms with Gasteiger partial charge in [0.25, 0.3) is 5.56 Å². The van der Waals surface area contributed by atoms with E-state index in [1.54, 1.807) is 22.9 Å². The molecule has 0 unspecified atom stereocenters. The number of rotatable bonds is 8. The highest BCUT2D eigenvalue weighted by Crippen LogP contribution is 2.45. The van der Waals surface area contributed by atoms with Gasteiger partial charge in [0, 0.05) is 60.6 Å². The maximum atomic E-state index is 13.8. The van der Waals surface area contributed by atoms with Gasteiger partial charge in [-0.25, -0.2) is 0 Å². The summed E-state index contributed by atoms with van der Waals surface area (Å²) in [5.74, 6) is 0.732. The minimum Gasteiger partial charge on any atom is -0.495 e. The molecule has 3 aromatic heterocycles. The second-order valence-corrected chi connectivity index (χ2v) is 10.1. The average molecular weight is 572 g/mol. The molecule has 206 valence electrons. The molecule has 4 heterocycles. The predicted octanol–water partition coefficient (Wildman–Crippen LogP) is 4.91. The number of hydrogen-bond donors (Lipinski definition) is 0. The molecule has 1 aliphatic rings. The van der Waals surface area contributed by atoms with Gasteiger partial charge in [0.2, 0.25) is 0 Å². The Kier molecular flexibility index (Phi) is 8.13. The molecule has 0 bridgehead atoms. The van der Waals surface area contributed by atoms with Gasteiger partial charge in [0.1, 0.15) is 11.5 Å². The van der Waals surface area contributed by atoms with Gasteiger partial charge in [-0.1, -0.05) is 23.2 Å². The number of pyridine rings is 2. The van der Waals surface area contributed by atoms with Crippen LogP contribution in [-0.2, 0) is 17.8 Å². The van der Waals surface area contributed by atoms with Crippen molar-refractivity contribution in [2.75, 3.05) is 47.1 Å². The number of benzene rings is 1. The lowest BCUT2D eigenvalue weighted by Gasteiger charge is -2.26. The molecule has 0 spiro atoms. The second kappa shape index (κ2) is 11.6. The number of morpholine rings is 1.